The lowest BCUT2D eigenvalue weighted by Gasteiger charge is -2.24. The Balaban J connectivity index is 1.02. The molecule has 0 N–H and O–H groups in total. The Morgan fingerprint density at radius 1 is 0.205 bits per heavy atom. The molecule has 18 rings (SSSR count). The van der Waals surface area contributed by atoms with Crippen molar-refractivity contribution in [3.05, 3.63) is 315 Å². The quantitative estimate of drug-likeness (QED) is 0.145. The number of hydrogen-bond donors (Lipinski definition) is 0. The summed E-state index contributed by atoms with van der Waals surface area (Å²) in [5.41, 5.74) is 22.1. The molecule has 6 nitrogen and oxygen atoms in total. The molecule has 0 atom stereocenters. The van der Waals surface area contributed by atoms with Gasteiger partial charge in [0.25, 0.3) is 0 Å². The molecule has 0 saturated heterocycles. The first-order valence-electron chi connectivity index (χ1n) is 30.1. The summed E-state index contributed by atoms with van der Waals surface area (Å²) in [5.74, 6) is 0.655. The maximum Gasteiger partial charge on any atom is 0.160 e. The van der Waals surface area contributed by atoms with Crippen LogP contribution in [0.5, 0.6) is 0 Å². The SMILES string of the molecule is c1ccc(-c2cc(-c3cc(-c4ccccc4-n4c5ccccc5c5ccccc54)c(-n4c5ccccc5c5cc(-n6c7ccccc7c7ccccc76)ccc54)c(-c4ccccc4-n4c5ccccc5c5ccccc54)c3)nc(-c3ccccc3)n2)cc1. The van der Waals surface area contributed by atoms with Crippen LogP contribution in [0.3, 0.4) is 0 Å². The van der Waals surface area contributed by atoms with Gasteiger partial charge >= 0.3 is 0 Å². The fourth-order valence-electron chi connectivity index (χ4n) is 14.2. The number of hydrogen-bond acceptors (Lipinski definition) is 2. The topological polar surface area (TPSA) is 45.5 Å². The number of nitrogens with zero attached hydrogens (tertiary/aromatic N) is 6. The van der Waals surface area contributed by atoms with E-state index in [0.29, 0.717) is 5.82 Å². The van der Waals surface area contributed by atoms with Gasteiger partial charge in [-0.15, -0.1) is 0 Å². The van der Waals surface area contributed by atoms with Crippen molar-refractivity contribution in [3.63, 3.8) is 0 Å². The molecule has 0 saturated carbocycles. The average Bonchev–Trinajstić information content (AvgIpc) is 1.69. The van der Waals surface area contributed by atoms with Gasteiger partial charge in [0.2, 0.25) is 0 Å². The summed E-state index contributed by atoms with van der Waals surface area (Å²) >= 11 is 0. The Kier molecular flexibility index (Phi) is 11.2. The zero-order chi connectivity index (χ0) is 57.8. The predicted octanol–water partition coefficient (Wildman–Crippen LogP) is 21.2. The van der Waals surface area contributed by atoms with Gasteiger partial charge in [0.15, 0.2) is 5.82 Å². The van der Waals surface area contributed by atoms with Crippen molar-refractivity contribution >= 4 is 87.2 Å². The fraction of sp³-hybridized carbons (Fsp3) is 0. The summed E-state index contributed by atoms with van der Waals surface area (Å²) in [6.45, 7) is 0. The number of benzene rings is 13. The third-order valence-corrected chi connectivity index (χ3v) is 18.0. The van der Waals surface area contributed by atoms with Gasteiger partial charge in [-0.1, -0.05) is 224 Å². The van der Waals surface area contributed by atoms with E-state index in [4.69, 9.17) is 9.97 Å². The molecule has 88 heavy (non-hydrogen) atoms. The van der Waals surface area contributed by atoms with Crippen molar-refractivity contribution in [3.8, 4) is 78.9 Å². The van der Waals surface area contributed by atoms with Gasteiger partial charge in [-0.2, -0.15) is 0 Å². The van der Waals surface area contributed by atoms with Crippen molar-refractivity contribution in [1.29, 1.82) is 0 Å². The van der Waals surface area contributed by atoms with E-state index in [1.165, 1.54) is 43.4 Å². The lowest BCUT2D eigenvalue weighted by atomic mass is 9.90. The van der Waals surface area contributed by atoms with Crippen LogP contribution in [0.2, 0.25) is 0 Å². The van der Waals surface area contributed by atoms with E-state index < -0.39 is 0 Å². The van der Waals surface area contributed by atoms with Crippen molar-refractivity contribution in [2.75, 3.05) is 0 Å². The van der Waals surface area contributed by atoms with Crippen LogP contribution in [-0.2, 0) is 0 Å². The molecule has 5 heterocycles. The Morgan fingerprint density at radius 3 is 0.977 bits per heavy atom. The first-order chi connectivity index (χ1) is 43.7. The third kappa shape index (κ3) is 7.62. The zero-order valence-electron chi connectivity index (χ0n) is 47.7. The van der Waals surface area contributed by atoms with Crippen LogP contribution in [0, 0.1) is 0 Å². The molecule has 0 aliphatic heterocycles. The standard InChI is InChI=1S/C82H52N6/c1-3-25-53(26-4-1)69-52-70(84-82(83-69)54-27-5-2-6-28-54)55-49-67(64-36-14-22-44-77(64)86-73-40-18-9-31-59(73)60-32-10-19-41-74(60)86)81(68(50-55)65-37-15-23-45-78(65)87-75-42-20-11-33-61(75)62-34-12-21-43-76(62)87)88-79-46-24-13-35-63(79)66-51-56(47-48-80(66)88)85-71-38-16-7-29-57(71)58-30-8-17-39-72(58)85/h1-52H. The van der Waals surface area contributed by atoms with Gasteiger partial charge in [0.1, 0.15) is 0 Å². The van der Waals surface area contributed by atoms with Crippen LogP contribution < -0.4 is 0 Å². The molecule has 0 radical (unpaired) electrons. The van der Waals surface area contributed by atoms with Gasteiger partial charge in [0.05, 0.1) is 72.6 Å². The second-order valence-corrected chi connectivity index (χ2v) is 22.8. The van der Waals surface area contributed by atoms with Gasteiger partial charge < -0.3 is 18.3 Å². The maximum absolute atomic E-state index is 5.62. The van der Waals surface area contributed by atoms with E-state index >= 15 is 0 Å². The molecule has 0 amide bonds. The van der Waals surface area contributed by atoms with E-state index in [9.17, 15) is 0 Å². The average molecular weight is 1120 g/mol. The second-order valence-electron chi connectivity index (χ2n) is 22.8. The number of rotatable bonds is 9. The summed E-state index contributed by atoms with van der Waals surface area (Å²) < 4.78 is 9.93. The summed E-state index contributed by atoms with van der Waals surface area (Å²) in [7, 11) is 0. The minimum Gasteiger partial charge on any atom is -0.309 e. The van der Waals surface area contributed by atoms with Crippen molar-refractivity contribution in [1.82, 2.24) is 28.2 Å². The number of aromatic nitrogens is 6. The van der Waals surface area contributed by atoms with Gasteiger partial charge in [-0.05, 0) is 91.0 Å². The van der Waals surface area contributed by atoms with Crippen LogP contribution in [0.4, 0.5) is 0 Å². The molecule has 0 unspecified atom stereocenters. The molecule has 5 aromatic heterocycles. The number of fused-ring (bicyclic) bond motifs is 12. The molecule has 6 heteroatoms. The summed E-state index contributed by atoms with van der Waals surface area (Å²) in [4.78, 5) is 11.0. The molecule has 0 aliphatic rings. The Morgan fingerprint density at radius 2 is 0.534 bits per heavy atom. The highest BCUT2D eigenvalue weighted by molar-refractivity contribution is 6.15. The van der Waals surface area contributed by atoms with Crippen molar-refractivity contribution < 1.29 is 0 Å². The molecule has 0 spiro atoms. The minimum atomic E-state index is 0.655. The van der Waals surface area contributed by atoms with Gasteiger partial charge in [0, 0.05) is 87.7 Å². The zero-order valence-corrected chi connectivity index (χ0v) is 47.7. The van der Waals surface area contributed by atoms with E-state index in [-0.39, 0.29) is 0 Å². The van der Waals surface area contributed by atoms with Crippen molar-refractivity contribution in [2.24, 2.45) is 0 Å². The molecule has 0 aliphatic carbocycles. The summed E-state index contributed by atoms with van der Waals surface area (Å²) in [5, 5.41) is 9.57. The lowest BCUT2D eigenvalue weighted by Crippen LogP contribution is -2.06. The predicted molar refractivity (Wildman–Crippen MR) is 367 cm³/mol. The van der Waals surface area contributed by atoms with Gasteiger partial charge in [-0.25, -0.2) is 9.97 Å². The first-order valence-corrected chi connectivity index (χ1v) is 30.1. The molecular formula is C82H52N6. The second kappa shape index (κ2) is 19.9. The van der Waals surface area contributed by atoms with E-state index in [1.54, 1.807) is 0 Å². The molecule has 410 valence electrons. The maximum atomic E-state index is 5.62. The lowest BCUT2D eigenvalue weighted by molar-refractivity contribution is 1.15. The van der Waals surface area contributed by atoms with Gasteiger partial charge in [-0.3, -0.25) is 0 Å². The van der Waals surface area contributed by atoms with Crippen LogP contribution in [0.1, 0.15) is 0 Å². The molecule has 13 aromatic carbocycles. The summed E-state index contributed by atoms with van der Waals surface area (Å²) in [6.07, 6.45) is 0. The normalized spacial score (nSPS) is 11.9. The summed E-state index contributed by atoms with van der Waals surface area (Å²) in [6, 6.07) is 115. The monoisotopic (exact) mass is 1120 g/mol. The number of para-hydroxylation sites is 9. The highest BCUT2D eigenvalue weighted by Gasteiger charge is 2.28. The Hall–Kier alpha value is -11.9. The van der Waals surface area contributed by atoms with E-state index in [0.717, 1.165) is 117 Å². The molecule has 0 bridgehead atoms. The minimum absolute atomic E-state index is 0.655. The van der Waals surface area contributed by atoms with Crippen LogP contribution in [0.15, 0.2) is 315 Å². The van der Waals surface area contributed by atoms with E-state index in [2.05, 4.69) is 328 Å². The Bertz CT molecular complexity index is 5420. The molecular weight excluding hydrogens is 1070 g/mol. The van der Waals surface area contributed by atoms with E-state index in [1.807, 2.05) is 6.07 Å². The van der Waals surface area contributed by atoms with Crippen LogP contribution in [-0.4, -0.2) is 28.2 Å². The van der Waals surface area contributed by atoms with Crippen LogP contribution >= 0.6 is 0 Å². The largest absolute Gasteiger partial charge is 0.309 e. The highest BCUT2D eigenvalue weighted by Crippen LogP contribution is 2.49. The van der Waals surface area contributed by atoms with Crippen LogP contribution in [0.25, 0.3) is 166 Å². The Labute approximate surface area is 507 Å². The first kappa shape index (κ1) is 49.6. The molecule has 0 fully saturated rings. The smallest absolute Gasteiger partial charge is 0.160 e. The highest BCUT2D eigenvalue weighted by atomic mass is 15.0. The third-order valence-electron chi connectivity index (χ3n) is 18.0. The fourth-order valence-corrected chi connectivity index (χ4v) is 14.2. The molecule has 18 aromatic rings. The van der Waals surface area contributed by atoms with Crippen molar-refractivity contribution in [2.45, 2.75) is 0 Å².